The summed E-state index contributed by atoms with van der Waals surface area (Å²) in [4.78, 5) is 8.52. The number of hydrogen-bond acceptors (Lipinski definition) is 3. The number of rotatable bonds is 1. The average molecular weight is 210 g/mol. The lowest BCUT2D eigenvalue weighted by atomic mass is 10.1. The van der Waals surface area contributed by atoms with E-state index >= 15 is 0 Å². The first-order chi connectivity index (χ1) is 7.83. The van der Waals surface area contributed by atoms with Gasteiger partial charge < -0.3 is 0 Å². The van der Waals surface area contributed by atoms with E-state index in [0.717, 1.165) is 22.2 Å². The number of aryl methyl sites for hydroxylation is 1. The minimum absolute atomic E-state index is 0.906. The van der Waals surface area contributed by atoms with Crippen LogP contribution in [0.25, 0.3) is 22.2 Å². The van der Waals surface area contributed by atoms with Gasteiger partial charge in [-0.2, -0.15) is 5.10 Å². The molecule has 0 aliphatic rings. The van der Waals surface area contributed by atoms with E-state index in [1.165, 1.54) is 0 Å². The molecule has 0 atom stereocenters. The van der Waals surface area contributed by atoms with Gasteiger partial charge in [-0.25, -0.2) is 0 Å². The fraction of sp³-hybridized carbons (Fsp3) is 0.0833. The zero-order chi connectivity index (χ0) is 11.0. The molecule has 1 aromatic carbocycles. The van der Waals surface area contributed by atoms with Crippen molar-refractivity contribution in [1.29, 1.82) is 0 Å². The molecule has 0 fully saturated rings. The van der Waals surface area contributed by atoms with Crippen LogP contribution in [-0.2, 0) is 7.05 Å². The Labute approximate surface area is 92.6 Å². The predicted molar refractivity (Wildman–Crippen MR) is 61.7 cm³/mol. The van der Waals surface area contributed by atoms with Gasteiger partial charge in [0.1, 0.15) is 0 Å². The molecule has 3 aromatic rings. The van der Waals surface area contributed by atoms with Crippen LogP contribution in [0.1, 0.15) is 0 Å². The van der Waals surface area contributed by atoms with Gasteiger partial charge in [-0.1, -0.05) is 6.07 Å². The number of aromatic nitrogens is 4. The molecule has 4 heteroatoms. The first kappa shape index (κ1) is 9.03. The molecule has 4 nitrogen and oxygen atoms in total. The first-order valence-electron chi connectivity index (χ1n) is 5.03. The molecule has 0 bridgehead atoms. The van der Waals surface area contributed by atoms with E-state index in [1.54, 1.807) is 17.1 Å². The van der Waals surface area contributed by atoms with E-state index < -0.39 is 0 Å². The Kier molecular flexibility index (Phi) is 1.93. The molecule has 0 saturated heterocycles. The van der Waals surface area contributed by atoms with E-state index in [0.29, 0.717) is 0 Å². The summed E-state index contributed by atoms with van der Waals surface area (Å²) >= 11 is 0. The molecule has 3 rings (SSSR count). The summed E-state index contributed by atoms with van der Waals surface area (Å²) in [5.74, 6) is 0. The molecular formula is C12H10N4. The number of hydrogen-bond donors (Lipinski definition) is 0. The highest BCUT2D eigenvalue weighted by atomic mass is 15.2. The van der Waals surface area contributed by atoms with Crippen LogP contribution >= 0.6 is 0 Å². The Hall–Kier alpha value is -2.23. The Morgan fingerprint density at radius 1 is 1.00 bits per heavy atom. The number of fused-ring (bicyclic) bond motifs is 1. The van der Waals surface area contributed by atoms with Gasteiger partial charge in [-0.05, 0) is 17.7 Å². The highest BCUT2D eigenvalue weighted by Crippen LogP contribution is 2.21. The van der Waals surface area contributed by atoms with Crippen molar-refractivity contribution in [3.05, 3.63) is 43.0 Å². The smallest absolute Gasteiger partial charge is 0.0892 e. The molecular weight excluding hydrogens is 200 g/mol. The lowest BCUT2D eigenvalue weighted by molar-refractivity contribution is 0.768. The summed E-state index contributed by atoms with van der Waals surface area (Å²) in [7, 11) is 1.91. The molecule has 0 N–H and O–H groups in total. The summed E-state index contributed by atoms with van der Waals surface area (Å²) in [6, 6.07) is 6.04. The Bertz CT molecular complexity index is 642. The van der Waals surface area contributed by atoms with Crippen molar-refractivity contribution in [1.82, 2.24) is 19.7 Å². The normalized spacial score (nSPS) is 10.8. The van der Waals surface area contributed by atoms with Crippen molar-refractivity contribution < 1.29 is 0 Å². The summed E-state index contributed by atoms with van der Waals surface area (Å²) in [5, 5.41) is 4.15. The summed E-state index contributed by atoms with van der Waals surface area (Å²) in [6.07, 6.45) is 7.23. The molecule has 0 radical (unpaired) electrons. The second kappa shape index (κ2) is 3.41. The maximum absolute atomic E-state index is 4.28. The minimum Gasteiger partial charge on any atom is -0.275 e. The van der Waals surface area contributed by atoms with Crippen LogP contribution in [0.2, 0.25) is 0 Å². The SMILES string of the molecule is Cn1cc(-c2ccc3nccnc3c2)cn1. The standard InChI is InChI=1S/C12H10N4/c1-16-8-10(7-15-16)9-2-3-11-12(6-9)14-5-4-13-11/h2-8H,1H3. The van der Waals surface area contributed by atoms with Gasteiger partial charge in [0, 0.05) is 31.2 Å². The van der Waals surface area contributed by atoms with Crippen molar-refractivity contribution in [2.45, 2.75) is 0 Å². The number of benzene rings is 1. The van der Waals surface area contributed by atoms with Crippen molar-refractivity contribution >= 4 is 11.0 Å². The maximum atomic E-state index is 4.28. The lowest BCUT2D eigenvalue weighted by Crippen LogP contribution is -1.84. The third kappa shape index (κ3) is 1.44. The molecule has 0 aliphatic carbocycles. The van der Waals surface area contributed by atoms with Crippen LogP contribution in [0.15, 0.2) is 43.0 Å². The molecule has 16 heavy (non-hydrogen) atoms. The van der Waals surface area contributed by atoms with Crippen molar-refractivity contribution in [2.75, 3.05) is 0 Å². The van der Waals surface area contributed by atoms with Gasteiger partial charge in [0.25, 0.3) is 0 Å². The summed E-state index contributed by atoms with van der Waals surface area (Å²) < 4.78 is 1.79. The second-order valence-corrected chi connectivity index (χ2v) is 3.66. The largest absolute Gasteiger partial charge is 0.275 e. The quantitative estimate of drug-likeness (QED) is 0.617. The van der Waals surface area contributed by atoms with E-state index in [-0.39, 0.29) is 0 Å². The van der Waals surface area contributed by atoms with Gasteiger partial charge in [0.15, 0.2) is 0 Å². The minimum atomic E-state index is 0.906. The molecule has 0 aliphatic heterocycles. The Morgan fingerprint density at radius 3 is 2.56 bits per heavy atom. The van der Waals surface area contributed by atoms with Gasteiger partial charge in [-0.3, -0.25) is 14.6 Å². The van der Waals surface area contributed by atoms with E-state index in [1.807, 2.05) is 37.6 Å². The van der Waals surface area contributed by atoms with Crippen LogP contribution in [0.4, 0.5) is 0 Å². The maximum Gasteiger partial charge on any atom is 0.0892 e. The molecule has 78 valence electrons. The fourth-order valence-corrected chi connectivity index (χ4v) is 1.71. The van der Waals surface area contributed by atoms with E-state index in [9.17, 15) is 0 Å². The molecule has 0 spiro atoms. The predicted octanol–water partition coefficient (Wildman–Crippen LogP) is 2.03. The molecule has 0 unspecified atom stereocenters. The topological polar surface area (TPSA) is 43.6 Å². The third-order valence-corrected chi connectivity index (χ3v) is 2.51. The lowest BCUT2D eigenvalue weighted by Gasteiger charge is -1.99. The fourth-order valence-electron chi connectivity index (χ4n) is 1.71. The van der Waals surface area contributed by atoms with Crippen molar-refractivity contribution in [3.8, 4) is 11.1 Å². The van der Waals surface area contributed by atoms with Crippen LogP contribution in [0, 0.1) is 0 Å². The van der Waals surface area contributed by atoms with Crippen molar-refractivity contribution in [3.63, 3.8) is 0 Å². The second-order valence-electron chi connectivity index (χ2n) is 3.66. The monoisotopic (exact) mass is 210 g/mol. The zero-order valence-corrected chi connectivity index (χ0v) is 8.83. The van der Waals surface area contributed by atoms with Gasteiger partial charge in [0.2, 0.25) is 0 Å². The molecule has 0 amide bonds. The summed E-state index contributed by atoms with van der Waals surface area (Å²) in [6.45, 7) is 0. The van der Waals surface area contributed by atoms with Gasteiger partial charge >= 0.3 is 0 Å². The van der Waals surface area contributed by atoms with Crippen LogP contribution in [0.3, 0.4) is 0 Å². The summed E-state index contributed by atoms with van der Waals surface area (Å²) in [5.41, 5.74) is 4.02. The van der Waals surface area contributed by atoms with E-state index in [2.05, 4.69) is 15.1 Å². The van der Waals surface area contributed by atoms with Crippen LogP contribution in [-0.4, -0.2) is 19.7 Å². The van der Waals surface area contributed by atoms with Crippen LogP contribution < -0.4 is 0 Å². The van der Waals surface area contributed by atoms with E-state index in [4.69, 9.17) is 0 Å². The van der Waals surface area contributed by atoms with Crippen LogP contribution in [0.5, 0.6) is 0 Å². The third-order valence-electron chi connectivity index (χ3n) is 2.51. The Balaban J connectivity index is 2.18. The first-order valence-corrected chi connectivity index (χ1v) is 5.03. The molecule has 2 aromatic heterocycles. The average Bonchev–Trinajstić information content (AvgIpc) is 2.75. The molecule has 0 saturated carbocycles. The van der Waals surface area contributed by atoms with Gasteiger partial charge in [-0.15, -0.1) is 0 Å². The zero-order valence-electron chi connectivity index (χ0n) is 8.83. The highest BCUT2D eigenvalue weighted by Gasteiger charge is 2.02. The van der Waals surface area contributed by atoms with Crippen molar-refractivity contribution in [2.24, 2.45) is 7.05 Å². The van der Waals surface area contributed by atoms with Gasteiger partial charge in [0.05, 0.1) is 17.2 Å². The number of nitrogens with zero attached hydrogens (tertiary/aromatic N) is 4. The molecule has 2 heterocycles. The Morgan fingerprint density at radius 2 is 1.81 bits per heavy atom. The highest BCUT2D eigenvalue weighted by molar-refractivity contribution is 5.80.